The molecule has 2 rings (SSSR count). The third-order valence-corrected chi connectivity index (χ3v) is 6.87. The van der Waals surface area contributed by atoms with Crippen LogP contribution in [-0.4, -0.2) is 30.9 Å². The van der Waals surface area contributed by atoms with Crippen LogP contribution in [0.3, 0.4) is 0 Å². The van der Waals surface area contributed by atoms with Gasteiger partial charge in [0.25, 0.3) is 0 Å². The summed E-state index contributed by atoms with van der Waals surface area (Å²) < 4.78 is 26.9. The van der Waals surface area contributed by atoms with E-state index < -0.39 is 10.0 Å². The van der Waals surface area contributed by atoms with Gasteiger partial charge in [-0.3, -0.25) is 0 Å². The van der Waals surface area contributed by atoms with E-state index >= 15 is 0 Å². The fraction of sp³-hybridized carbons (Fsp3) is 0.600. The van der Waals surface area contributed by atoms with Crippen molar-refractivity contribution in [3.05, 3.63) is 28.8 Å². The second kappa shape index (κ2) is 6.24. The lowest BCUT2D eigenvalue weighted by Crippen LogP contribution is -2.41. The maximum Gasteiger partial charge on any atom is 0.243 e. The van der Waals surface area contributed by atoms with Crippen molar-refractivity contribution in [1.29, 1.82) is 0 Å². The van der Waals surface area contributed by atoms with E-state index in [9.17, 15) is 13.5 Å². The van der Waals surface area contributed by atoms with Crippen LogP contribution in [0.15, 0.2) is 23.1 Å². The fourth-order valence-corrected chi connectivity index (χ4v) is 4.27. The van der Waals surface area contributed by atoms with E-state index in [0.717, 1.165) is 19.3 Å². The predicted octanol–water partition coefficient (Wildman–Crippen LogP) is 3.03. The van der Waals surface area contributed by atoms with Crippen LogP contribution in [0.4, 0.5) is 0 Å². The molecule has 1 saturated heterocycles. The van der Waals surface area contributed by atoms with E-state index in [1.165, 1.54) is 22.5 Å². The van der Waals surface area contributed by atoms with Crippen molar-refractivity contribution >= 4 is 21.6 Å². The van der Waals surface area contributed by atoms with Crippen molar-refractivity contribution in [2.24, 2.45) is 5.41 Å². The van der Waals surface area contributed by atoms with Crippen molar-refractivity contribution in [1.82, 2.24) is 4.31 Å². The predicted molar refractivity (Wildman–Crippen MR) is 83.8 cm³/mol. The Kier molecular flexibility index (Phi) is 4.98. The SMILES string of the molecule is CCC1(C)CCN(S(=O)(=O)c2ccc(Cl)c(CO)c2)CC1. The number of aliphatic hydroxyl groups excluding tert-OH is 1. The Morgan fingerprint density at radius 1 is 1.33 bits per heavy atom. The van der Waals surface area contributed by atoms with E-state index in [-0.39, 0.29) is 16.9 Å². The van der Waals surface area contributed by atoms with Crippen molar-refractivity contribution in [3.63, 3.8) is 0 Å². The van der Waals surface area contributed by atoms with Crippen molar-refractivity contribution in [2.75, 3.05) is 13.1 Å². The Balaban J connectivity index is 2.23. The van der Waals surface area contributed by atoms with Gasteiger partial charge in [0.1, 0.15) is 0 Å². The highest BCUT2D eigenvalue weighted by Crippen LogP contribution is 2.36. The van der Waals surface area contributed by atoms with Crippen LogP contribution in [0, 0.1) is 5.41 Å². The second-order valence-electron chi connectivity index (χ2n) is 5.98. The summed E-state index contributed by atoms with van der Waals surface area (Å²) >= 11 is 5.92. The standard InChI is InChI=1S/C15H22ClNO3S/c1-3-15(2)6-8-17(9-7-15)21(19,20)13-4-5-14(16)12(10-13)11-18/h4-5,10,18H,3,6-9,11H2,1-2H3. The summed E-state index contributed by atoms with van der Waals surface area (Å²) in [6.07, 6.45) is 2.82. The monoisotopic (exact) mass is 331 g/mol. The number of aliphatic hydroxyl groups is 1. The van der Waals surface area contributed by atoms with Gasteiger partial charge < -0.3 is 5.11 Å². The molecule has 1 N–H and O–H groups in total. The Morgan fingerprint density at radius 2 is 1.95 bits per heavy atom. The zero-order valence-corrected chi connectivity index (χ0v) is 14.0. The molecule has 6 heteroatoms. The molecular formula is C15H22ClNO3S. The van der Waals surface area contributed by atoms with Crippen LogP contribution in [0.5, 0.6) is 0 Å². The lowest BCUT2D eigenvalue weighted by Gasteiger charge is -2.38. The first-order valence-corrected chi connectivity index (χ1v) is 9.04. The number of hydrogen-bond acceptors (Lipinski definition) is 3. The Bertz CT molecular complexity index is 607. The normalized spacial score (nSPS) is 19.6. The van der Waals surface area contributed by atoms with Crippen LogP contribution in [0.1, 0.15) is 38.7 Å². The molecule has 0 amide bonds. The molecule has 1 fully saturated rings. The highest BCUT2D eigenvalue weighted by atomic mass is 35.5. The molecule has 0 spiro atoms. The van der Waals surface area contributed by atoms with E-state index in [4.69, 9.17) is 11.6 Å². The lowest BCUT2D eigenvalue weighted by atomic mass is 9.79. The smallest absolute Gasteiger partial charge is 0.243 e. The van der Waals surface area contributed by atoms with Crippen LogP contribution < -0.4 is 0 Å². The largest absolute Gasteiger partial charge is 0.392 e. The van der Waals surface area contributed by atoms with Gasteiger partial charge in [0, 0.05) is 18.1 Å². The average molecular weight is 332 g/mol. The maximum atomic E-state index is 12.7. The van der Waals surface area contributed by atoms with Gasteiger partial charge in [0.2, 0.25) is 10.0 Å². The van der Waals surface area contributed by atoms with Gasteiger partial charge in [0.15, 0.2) is 0 Å². The van der Waals surface area contributed by atoms with E-state index in [1.54, 1.807) is 0 Å². The van der Waals surface area contributed by atoms with Crippen molar-refractivity contribution in [2.45, 2.75) is 44.6 Å². The number of halogens is 1. The molecule has 1 aliphatic rings. The molecule has 0 unspecified atom stereocenters. The maximum absolute atomic E-state index is 12.7. The average Bonchev–Trinajstić information content (AvgIpc) is 2.48. The number of piperidine rings is 1. The van der Waals surface area contributed by atoms with E-state index in [2.05, 4.69) is 13.8 Å². The number of sulfonamides is 1. The topological polar surface area (TPSA) is 57.6 Å². The molecule has 1 aliphatic heterocycles. The van der Waals surface area contributed by atoms with E-state index in [1.807, 2.05) is 0 Å². The van der Waals surface area contributed by atoms with Crippen LogP contribution in [0.2, 0.25) is 5.02 Å². The molecule has 0 radical (unpaired) electrons. The van der Waals surface area contributed by atoms with Crippen LogP contribution >= 0.6 is 11.6 Å². The first kappa shape index (κ1) is 16.7. The number of nitrogens with zero attached hydrogens (tertiary/aromatic N) is 1. The zero-order valence-electron chi connectivity index (χ0n) is 12.5. The van der Waals surface area contributed by atoms with E-state index in [0.29, 0.717) is 23.7 Å². The van der Waals surface area contributed by atoms with Gasteiger partial charge in [0.05, 0.1) is 11.5 Å². The minimum Gasteiger partial charge on any atom is -0.392 e. The molecule has 1 heterocycles. The Labute approximate surface area is 131 Å². The summed E-state index contributed by atoms with van der Waals surface area (Å²) in [6.45, 7) is 5.18. The second-order valence-corrected chi connectivity index (χ2v) is 8.32. The first-order valence-electron chi connectivity index (χ1n) is 7.22. The molecule has 0 atom stereocenters. The summed E-state index contributed by atoms with van der Waals surface area (Å²) in [7, 11) is -3.51. The molecule has 1 aromatic rings. The van der Waals surface area contributed by atoms with Gasteiger partial charge in [-0.25, -0.2) is 8.42 Å². The molecule has 0 aromatic heterocycles. The summed E-state index contributed by atoms with van der Waals surface area (Å²) in [5, 5.41) is 9.61. The molecule has 1 aromatic carbocycles. The lowest BCUT2D eigenvalue weighted by molar-refractivity contribution is 0.169. The Morgan fingerprint density at radius 3 is 2.48 bits per heavy atom. The van der Waals surface area contributed by atoms with Crippen LogP contribution in [0.25, 0.3) is 0 Å². The first-order chi connectivity index (χ1) is 9.82. The third-order valence-electron chi connectivity index (χ3n) is 4.61. The van der Waals surface area contributed by atoms with Gasteiger partial charge in [-0.2, -0.15) is 4.31 Å². The van der Waals surface area contributed by atoms with Crippen molar-refractivity contribution < 1.29 is 13.5 Å². The minimum absolute atomic E-state index is 0.205. The molecule has 4 nitrogen and oxygen atoms in total. The summed E-state index contributed by atoms with van der Waals surface area (Å²) in [6, 6.07) is 4.50. The highest BCUT2D eigenvalue weighted by molar-refractivity contribution is 7.89. The fourth-order valence-electron chi connectivity index (χ4n) is 2.60. The van der Waals surface area contributed by atoms with Crippen molar-refractivity contribution in [3.8, 4) is 0 Å². The zero-order chi connectivity index (χ0) is 15.7. The number of rotatable bonds is 4. The molecular weight excluding hydrogens is 310 g/mol. The summed E-state index contributed by atoms with van der Waals surface area (Å²) in [5.74, 6) is 0. The minimum atomic E-state index is -3.51. The highest BCUT2D eigenvalue weighted by Gasteiger charge is 2.34. The quantitative estimate of drug-likeness (QED) is 0.922. The molecule has 118 valence electrons. The van der Waals surface area contributed by atoms with Gasteiger partial charge >= 0.3 is 0 Å². The summed E-state index contributed by atoms with van der Waals surface area (Å²) in [5.41, 5.74) is 0.676. The van der Waals surface area contributed by atoms with Gasteiger partial charge in [-0.05, 0) is 42.0 Å². The van der Waals surface area contributed by atoms with Crippen LogP contribution in [-0.2, 0) is 16.6 Å². The number of benzene rings is 1. The molecule has 0 aliphatic carbocycles. The van der Waals surface area contributed by atoms with Gasteiger partial charge in [-0.1, -0.05) is 31.9 Å². The molecule has 0 bridgehead atoms. The third kappa shape index (κ3) is 3.42. The van der Waals surface area contributed by atoms with Gasteiger partial charge in [-0.15, -0.1) is 0 Å². The number of hydrogen-bond donors (Lipinski definition) is 1. The Hall–Kier alpha value is -0.620. The molecule has 0 saturated carbocycles. The summed E-state index contributed by atoms with van der Waals surface area (Å²) in [4.78, 5) is 0.205. The molecule has 21 heavy (non-hydrogen) atoms.